The van der Waals surface area contributed by atoms with E-state index in [0.717, 1.165) is 0 Å². The predicted octanol–water partition coefficient (Wildman–Crippen LogP) is 1.07. The Bertz CT molecular complexity index is 448. The van der Waals surface area contributed by atoms with E-state index in [4.69, 9.17) is 9.84 Å². The molecule has 0 saturated carbocycles. The molecule has 0 spiro atoms. The van der Waals surface area contributed by atoms with Crippen LogP contribution in [0.15, 0.2) is 0 Å². The molecule has 0 aromatic carbocycles. The molecule has 8 heteroatoms. The number of esters is 1. The van der Waals surface area contributed by atoms with Crippen LogP contribution in [0.5, 0.6) is 0 Å². The van der Waals surface area contributed by atoms with E-state index in [1.165, 1.54) is 4.90 Å². The molecule has 0 aromatic heterocycles. The Labute approximate surface area is 136 Å². The van der Waals surface area contributed by atoms with E-state index in [2.05, 4.69) is 0 Å². The lowest BCUT2D eigenvalue weighted by Gasteiger charge is -2.34. The van der Waals surface area contributed by atoms with Gasteiger partial charge in [-0.2, -0.15) is 0 Å². The van der Waals surface area contributed by atoms with Gasteiger partial charge in [0.15, 0.2) is 0 Å². The van der Waals surface area contributed by atoms with Gasteiger partial charge in [-0.05, 0) is 26.2 Å². The van der Waals surface area contributed by atoms with Gasteiger partial charge in [-0.3, -0.25) is 4.79 Å². The number of carbonyl (C=O) groups excluding carboxylic acids is 2. The molecule has 2 fully saturated rings. The summed E-state index contributed by atoms with van der Waals surface area (Å²) in [5.74, 6) is -0.294. The molecule has 130 valence electrons. The van der Waals surface area contributed by atoms with Gasteiger partial charge >= 0.3 is 18.1 Å². The maximum atomic E-state index is 12.6. The number of nitrogens with zero attached hydrogens (tertiary/aromatic N) is 3. The van der Waals surface area contributed by atoms with Crippen molar-refractivity contribution in [2.75, 3.05) is 45.9 Å². The van der Waals surface area contributed by atoms with Gasteiger partial charge in [0.05, 0.1) is 12.5 Å². The summed E-state index contributed by atoms with van der Waals surface area (Å²) in [4.78, 5) is 40.1. The lowest BCUT2D eigenvalue weighted by molar-refractivity contribution is -0.149. The molecule has 0 aliphatic carbocycles. The molecule has 0 aromatic rings. The van der Waals surface area contributed by atoms with Crippen LogP contribution in [0.2, 0.25) is 0 Å². The number of urea groups is 1. The zero-order valence-corrected chi connectivity index (χ0v) is 13.6. The molecule has 2 aliphatic heterocycles. The van der Waals surface area contributed by atoms with Crippen LogP contribution in [-0.4, -0.2) is 83.8 Å². The quantitative estimate of drug-likeness (QED) is 0.766. The Morgan fingerprint density at radius 1 is 0.957 bits per heavy atom. The van der Waals surface area contributed by atoms with Crippen LogP contribution in [0.3, 0.4) is 0 Å². The number of hydrogen-bond acceptors (Lipinski definition) is 4. The Morgan fingerprint density at radius 3 is 2.13 bits per heavy atom. The first-order valence-corrected chi connectivity index (χ1v) is 8.21. The van der Waals surface area contributed by atoms with Crippen molar-refractivity contribution in [1.82, 2.24) is 14.7 Å². The van der Waals surface area contributed by atoms with Crippen molar-refractivity contribution >= 4 is 18.1 Å². The Kier molecular flexibility index (Phi) is 6.06. The van der Waals surface area contributed by atoms with Gasteiger partial charge in [0.1, 0.15) is 0 Å². The smallest absolute Gasteiger partial charge is 0.407 e. The van der Waals surface area contributed by atoms with Crippen molar-refractivity contribution in [3.63, 3.8) is 0 Å². The van der Waals surface area contributed by atoms with Gasteiger partial charge in [-0.25, -0.2) is 9.59 Å². The largest absolute Gasteiger partial charge is 0.466 e. The van der Waals surface area contributed by atoms with Gasteiger partial charge in [0.25, 0.3) is 0 Å². The molecule has 1 N–H and O–H groups in total. The van der Waals surface area contributed by atoms with Crippen molar-refractivity contribution in [3.8, 4) is 0 Å². The number of carboxylic acid groups (broad SMARTS) is 1. The predicted molar refractivity (Wildman–Crippen MR) is 82.1 cm³/mol. The van der Waals surface area contributed by atoms with E-state index in [0.29, 0.717) is 65.1 Å². The van der Waals surface area contributed by atoms with E-state index in [1.807, 2.05) is 0 Å². The zero-order chi connectivity index (χ0) is 16.8. The van der Waals surface area contributed by atoms with Crippen LogP contribution >= 0.6 is 0 Å². The lowest BCUT2D eigenvalue weighted by Crippen LogP contribution is -2.48. The first-order valence-electron chi connectivity index (χ1n) is 8.21. The normalized spacial score (nSPS) is 20.1. The second-order valence-corrected chi connectivity index (χ2v) is 5.91. The monoisotopic (exact) mass is 327 g/mol. The fourth-order valence-corrected chi connectivity index (χ4v) is 3.07. The number of hydrogen-bond donors (Lipinski definition) is 1. The van der Waals surface area contributed by atoms with Crippen molar-refractivity contribution in [3.05, 3.63) is 0 Å². The molecular formula is C15H25N3O5. The molecule has 2 saturated heterocycles. The van der Waals surface area contributed by atoms with Crippen molar-refractivity contribution in [1.29, 1.82) is 0 Å². The first kappa shape index (κ1) is 17.4. The minimum absolute atomic E-state index is 0.0560. The van der Waals surface area contributed by atoms with Crippen LogP contribution in [0, 0.1) is 5.92 Å². The van der Waals surface area contributed by atoms with Crippen LogP contribution in [0.4, 0.5) is 9.59 Å². The van der Waals surface area contributed by atoms with Crippen LogP contribution in [0.25, 0.3) is 0 Å². The first-order chi connectivity index (χ1) is 11.0. The summed E-state index contributed by atoms with van der Waals surface area (Å²) >= 11 is 0. The van der Waals surface area contributed by atoms with E-state index >= 15 is 0 Å². The number of rotatable bonds is 2. The van der Waals surface area contributed by atoms with E-state index in [9.17, 15) is 14.4 Å². The minimum atomic E-state index is -0.936. The molecule has 8 nitrogen and oxygen atoms in total. The topological polar surface area (TPSA) is 90.4 Å². The summed E-state index contributed by atoms with van der Waals surface area (Å²) in [6.07, 6.45) is 0.964. The summed E-state index contributed by atoms with van der Waals surface area (Å²) in [5.41, 5.74) is 0. The fraction of sp³-hybridized carbons (Fsp3) is 0.800. The van der Waals surface area contributed by atoms with Gasteiger partial charge in [0.2, 0.25) is 0 Å². The third-order valence-corrected chi connectivity index (χ3v) is 4.42. The molecule has 23 heavy (non-hydrogen) atoms. The maximum absolute atomic E-state index is 12.6. The molecule has 2 heterocycles. The molecule has 0 unspecified atom stereocenters. The standard InChI is InChI=1S/C15H25N3O5/c1-2-23-13(19)12-4-8-17(9-5-12)14(20)16-6-3-7-18(11-10-16)15(21)22/h12H,2-11H2,1H3,(H,21,22). The average molecular weight is 327 g/mol. The number of likely N-dealkylation sites (tertiary alicyclic amines) is 1. The highest BCUT2D eigenvalue weighted by Crippen LogP contribution is 2.20. The summed E-state index contributed by atoms with van der Waals surface area (Å²) in [6.45, 7) is 5.05. The van der Waals surface area contributed by atoms with Gasteiger partial charge in [0, 0.05) is 39.3 Å². The number of piperidine rings is 1. The van der Waals surface area contributed by atoms with Crippen molar-refractivity contribution < 1.29 is 24.2 Å². The highest BCUT2D eigenvalue weighted by molar-refractivity contribution is 5.76. The molecular weight excluding hydrogens is 302 g/mol. The average Bonchev–Trinajstić information content (AvgIpc) is 2.81. The Hall–Kier alpha value is -1.99. The van der Waals surface area contributed by atoms with Crippen molar-refractivity contribution in [2.45, 2.75) is 26.2 Å². The summed E-state index contributed by atoms with van der Waals surface area (Å²) in [7, 11) is 0. The number of amides is 3. The van der Waals surface area contributed by atoms with E-state index < -0.39 is 6.09 Å². The molecule has 0 bridgehead atoms. The Balaban J connectivity index is 1.82. The Morgan fingerprint density at radius 2 is 1.52 bits per heavy atom. The van der Waals surface area contributed by atoms with Gasteiger partial charge in [-0.1, -0.05) is 0 Å². The van der Waals surface area contributed by atoms with Gasteiger partial charge < -0.3 is 24.5 Å². The summed E-state index contributed by atoms with van der Waals surface area (Å²) in [5, 5.41) is 9.03. The van der Waals surface area contributed by atoms with Gasteiger partial charge in [-0.15, -0.1) is 0 Å². The zero-order valence-electron chi connectivity index (χ0n) is 13.6. The SMILES string of the molecule is CCOC(=O)C1CCN(C(=O)N2CCCN(C(=O)O)CC2)CC1. The van der Waals surface area contributed by atoms with E-state index in [-0.39, 0.29) is 17.9 Å². The highest BCUT2D eigenvalue weighted by atomic mass is 16.5. The third kappa shape index (κ3) is 4.49. The van der Waals surface area contributed by atoms with Crippen LogP contribution < -0.4 is 0 Å². The fourth-order valence-electron chi connectivity index (χ4n) is 3.07. The molecule has 2 rings (SSSR count). The highest BCUT2D eigenvalue weighted by Gasteiger charge is 2.31. The maximum Gasteiger partial charge on any atom is 0.407 e. The second-order valence-electron chi connectivity index (χ2n) is 5.91. The molecule has 0 atom stereocenters. The summed E-state index contributed by atoms with van der Waals surface area (Å²) in [6, 6.07) is -0.0560. The number of ether oxygens (including phenoxy) is 1. The van der Waals surface area contributed by atoms with Crippen LogP contribution in [0.1, 0.15) is 26.2 Å². The summed E-state index contributed by atoms with van der Waals surface area (Å²) < 4.78 is 5.03. The molecule has 0 radical (unpaired) electrons. The van der Waals surface area contributed by atoms with E-state index in [1.54, 1.807) is 16.7 Å². The second kappa shape index (κ2) is 8.03. The minimum Gasteiger partial charge on any atom is -0.466 e. The lowest BCUT2D eigenvalue weighted by atomic mass is 9.97. The van der Waals surface area contributed by atoms with Crippen molar-refractivity contribution in [2.24, 2.45) is 5.92 Å². The number of carbonyl (C=O) groups is 3. The van der Waals surface area contributed by atoms with Crippen LogP contribution in [-0.2, 0) is 9.53 Å². The molecule has 2 aliphatic rings. The molecule has 3 amide bonds. The third-order valence-electron chi connectivity index (χ3n) is 4.42.